The molecule has 148 valence electrons. The van der Waals surface area contributed by atoms with Crippen LogP contribution in [0.4, 0.5) is 0 Å². The van der Waals surface area contributed by atoms with Crippen molar-refractivity contribution in [2.75, 3.05) is 6.61 Å². The molecule has 0 aromatic carbocycles. The molecule has 0 aromatic heterocycles. The van der Waals surface area contributed by atoms with E-state index >= 15 is 0 Å². The van der Waals surface area contributed by atoms with Crippen LogP contribution in [-0.2, 0) is 9.53 Å². The van der Waals surface area contributed by atoms with Crippen molar-refractivity contribution in [1.82, 2.24) is 0 Å². The van der Waals surface area contributed by atoms with Crippen molar-refractivity contribution < 1.29 is 24.9 Å². The van der Waals surface area contributed by atoms with E-state index in [1.807, 2.05) is 0 Å². The molecule has 5 nitrogen and oxygen atoms in total. The van der Waals surface area contributed by atoms with Gasteiger partial charge in [-0.1, -0.05) is 70.4 Å². The number of aliphatic carboxylic acids is 1. The second kappa shape index (κ2) is 17.9. The standard InChI is InChI=1S/C20H38O5/c1-2-3-11-14-18(25-17-20(23)24)15-12-9-7-5-4-6-8-10-13-16-19(21)22/h12,15,18,20,23-24H,2-11,13-14,16-17H2,1H3,(H,21,22)/b15-12+. The fourth-order valence-electron chi connectivity index (χ4n) is 2.71. The third-order valence-corrected chi connectivity index (χ3v) is 4.16. The highest BCUT2D eigenvalue weighted by Gasteiger charge is 2.07. The Morgan fingerprint density at radius 2 is 1.60 bits per heavy atom. The molecule has 1 unspecified atom stereocenters. The predicted molar refractivity (Wildman–Crippen MR) is 100 cm³/mol. The van der Waals surface area contributed by atoms with Crippen LogP contribution >= 0.6 is 0 Å². The van der Waals surface area contributed by atoms with Gasteiger partial charge in [0.25, 0.3) is 0 Å². The molecule has 0 saturated heterocycles. The molecular formula is C20H38O5. The maximum absolute atomic E-state index is 10.4. The lowest BCUT2D eigenvalue weighted by Crippen LogP contribution is -2.20. The van der Waals surface area contributed by atoms with E-state index in [9.17, 15) is 4.79 Å². The summed E-state index contributed by atoms with van der Waals surface area (Å²) in [5, 5.41) is 26.4. The highest BCUT2D eigenvalue weighted by molar-refractivity contribution is 5.66. The maximum Gasteiger partial charge on any atom is 0.303 e. The van der Waals surface area contributed by atoms with Crippen LogP contribution in [0.1, 0.15) is 90.4 Å². The lowest BCUT2D eigenvalue weighted by atomic mass is 10.1. The zero-order valence-corrected chi connectivity index (χ0v) is 15.9. The second-order valence-corrected chi connectivity index (χ2v) is 6.68. The first-order valence-electron chi connectivity index (χ1n) is 9.92. The molecule has 3 N–H and O–H groups in total. The van der Waals surface area contributed by atoms with Gasteiger partial charge in [0, 0.05) is 6.42 Å². The molecule has 0 aliphatic carbocycles. The molecule has 5 heteroatoms. The number of ether oxygens (including phenoxy) is 1. The number of carboxylic acids is 1. The summed E-state index contributed by atoms with van der Waals surface area (Å²) >= 11 is 0. The Hall–Kier alpha value is -0.910. The van der Waals surface area contributed by atoms with Gasteiger partial charge in [0.05, 0.1) is 12.7 Å². The first kappa shape index (κ1) is 24.1. The van der Waals surface area contributed by atoms with Crippen LogP contribution in [0.25, 0.3) is 0 Å². The summed E-state index contributed by atoms with van der Waals surface area (Å²) in [6.45, 7) is 2.12. The third kappa shape index (κ3) is 19.3. The van der Waals surface area contributed by atoms with E-state index in [-0.39, 0.29) is 12.7 Å². The average Bonchev–Trinajstić information content (AvgIpc) is 2.56. The van der Waals surface area contributed by atoms with Crippen LogP contribution in [0.3, 0.4) is 0 Å². The van der Waals surface area contributed by atoms with Crippen molar-refractivity contribution in [1.29, 1.82) is 0 Å². The molecule has 0 spiro atoms. The van der Waals surface area contributed by atoms with Crippen LogP contribution in [0.5, 0.6) is 0 Å². The zero-order valence-electron chi connectivity index (χ0n) is 15.9. The molecule has 0 heterocycles. The van der Waals surface area contributed by atoms with E-state index in [0.29, 0.717) is 6.42 Å². The van der Waals surface area contributed by atoms with Crippen molar-refractivity contribution in [2.45, 2.75) is 103 Å². The SMILES string of the molecule is CCCCCC(/C=C/CCCCCCCCCC(=O)O)OCC(O)O. The van der Waals surface area contributed by atoms with Gasteiger partial charge < -0.3 is 20.1 Å². The molecule has 1 atom stereocenters. The summed E-state index contributed by atoms with van der Waals surface area (Å²) in [6.07, 6.45) is 16.1. The Morgan fingerprint density at radius 3 is 2.20 bits per heavy atom. The minimum absolute atomic E-state index is 0.0254. The van der Waals surface area contributed by atoms with Crippen LogP contribution in [0.15, 0.2) is 12.2 Å². The number of hydrogen-bond donors (Lipinski definition) is 3. The minimum Gasteiger partial charge on any atom is -0.481 e. The number of hydrogen-bond acceptors (Lipinski definition) is 4. The molecule has 25 heavy (non-hydrogen) atoms. The molecule has 0 radical (unpaired) electrons. The molecule has 0 amide bonds. The van der Waals surface area contributed by atoms with Crippen LogP contribution in [-0.4, -0.2) is 40.3 Å². The quantitative estimate of drug-likeness (QED) is 0.192. The monoisotopic (exact) mass is 358 g/mol. The van der Waals surface area contributed by atoms with Gasteiger partial charge in [-0.25, -0.2) is 0 Å². The fraction of sp³-hybridized carbons (Fsp3) is 0.850. The molecule has 0 aliphatic heterocycles. The topological polar surface area (TPSA) is 87.0 Å². The average molecular weight is 359 g/mol. The molecule has 0 fully saturated rings. The summed E-state index contributed by atoms with van der Waals surface area (Å²) < 4.78 is 5.52. The summed E-state index contributed by atoms with van der Waals surface area (Å²) in [5.41, 5.74) is 0. The van der Waals surface area contributed by atoms with Crippen molar-refractivity contribution in [3.05, 3.63) is 12.2 Å². The van der Waals surface area contributed by atoms with Crippen LogP contribution in [0.2, 0.25) is 0 Å². The van der Waals surface area contributed by atoms with Gasteiger partial charge in [0.1, 0.15) is 0 Å². The first-order chi connectivity index (χ1) is 12.1. The molecule has 0 aliphatic rings. The van der Waals surface area contributed by atoms with Gasteiger partial charge in [-0.3, -0.25) is 4.79 Å². The largest absolute Gasteiger partial charge is 0.481 e. The number of rotatable bonds is 18. The third-order valence-electron chi connectivity index (χ3n) is 4.16. The summed E-state index contributed by atoms with van der Waals surface area (Å²) in [4.78, 5) is 10.4. The van der Waals surface area contributed by atoms with Crippen molar-refractivity contribution in [3.63, 3.8) is 0 Å². The number of aliphatic hydroxyl groups excluding tert-OH is 1. The van der Waals surface area contributed by atoms with Gasteiger partial charge in [0.15, 0.2) is 6.29 Å². The minimum atomic E-state index is -1.41. The first-order valence-corrected chi connectivity index (χ1v) is 9.92. The normalized spacial score (nSPS) is 13.0. The van der Waals surface area contributed by atoms with Gasteiger partial charge in [-0.2, -0.15) is 0 Å². The summed E-state index contributed by atoms with van der Waals surface area (Å²) in [6, 6.07) is 0. The van der Waals surface area contributed by atoms with E-state index < -0.39 is 12.3 Å². The van der Waals surface area contributed by atoms with Crippen molar-refractivity contribution >= 4 is 5.97 Å². The van der Waals surface area contributed by atoms with Crippen molar-refractivity contribution in [3.8, 4) is 0 Å². The van der Waals surface area contributed by atoms with Gasteiger partial charge >= 0.3 is 5.97 Å². The number of carbonyl (C=O) groups is 1. The Kier molecular flexibility index (Phi) is 17.2. The second-order valence-electron chi connectivity index (χ2n) is 6.68. The van der Waals surface area contributed by atoms with Crippen LogP contribution < -0.4 is 0 Å². The highest BCUT2D eigenvalue weighted by atomic mass is 16.5. The van der Waals surface area contributed by atoms with Gasteiger partial charge in [-0.15, -0.1) is 0 Å². The molecule has 0 saturated carbocycles. The lowest BCUT2D eigenvalue weighted by molar-refractivity contribution is -0.137. The number of allylic oxidation sites excluding steroid dienone is 1. The van der Waals surface area contributed by atoms with E-state index in [1.54, 1.807) is 0 Å². The zero-order chi connectivity index (χ0) is 18.8. The van der Waals surface area contributed by atoms with E-state index in [1.165, 1.54) is 25.7 Å². The Balaban J connectivity index is 3.65. The van der Waals surface area contributed by atoms with Crippen LogP contribution in [0, 0.1) is 0 Å². The number of aliphatic hydroxyl groups is 2. The summed E-state index contributed by atoms with van der Waals surface area (Å²) in [5.74, 6) is -0.697. The smallest absolute Gasteiger partial charge is 0.303 e. The fourth-order valence-corrected chi connectivity index (χ4v) is 2.71. The molecule has 0 aromatic rings. The Bertz CT molecular complexity index is 328. The molecular weight excluding hydrogens is 320 g/mol. The van der Waals surface area contributed by atoms with E-state index in [0.717, 1.165) is 51.4 Å². The summed E-state index contributed by atoms with van der Waals surface area (Å²) in [7, 11) is 0. The molecule has 0 bridgehead atoms. The van der Waals surface area contributed by atoms with Gasteiger partial charge in [0.2, 0.25) is 0 Å². The van der Waals surface area contributed by atoms with Gasteiger partial charge in [-0.05, 0) is 25.7 Å². The lowest BCUT2D eigenvalue weighted by Gasteiger charge is -2.15. The predicted octanol–water partition coefficient (Wildman–Crippen LogP) is 4.41. The number of unbranched alkanes of at least 4 members (excludes halogenated alkanes) is 9. The number of carboxylic acid groups (broad SMARTS) is 1. The van der Waals surface area contributed by atoms with Crippen molar-refractivity contribution in [2.24, 2.45) is 0 Å². The Morgan fingerprint density at radius 1 is 0.960 bits per heavy atom. The highest BCUT2D eigenvalue weighted by Crippen LogP contribution is 2.12. The van der Waals surface area contributed by atoms with E-state index in [2.05, 4.69) is 19.1 Å². The maximum atomic E-state index is 10.4. The van der Waals surface area contributed by atoms with E-state index in [4.69, 9.17) is 20.1 Å². The molecule has 0 rings (SSSR count). The Labute approximate surface area is 153 Å².